The number of benzene rings is 2. The average molecular weight is 623 g/mol. The van der Waals surface area contributed by atoms with Gasteiger partial charge in [-0.1, -0.05) is 36.4 Å². The Labute approximate surface area is 245 Å². The Morgan fingerprint density at radius 3 is 1.81 bits per heavy atom. The van der Waals surface area contributed by atoms with E-state index in [1.807, 2.05) is 19.1 Å². The Morgan fingerprint density at radius 2 is 1.28 bits per heavy atom. The summed E-state index contributed by atoms with van der Waals surface area (Å²) in [5.41, 5.74) is -1.29. The standard InChI is InChI=1S/C32H35F9O2/c1-2-3-4-5-20-6-10-23(11-7-20)31(38,39)43-26-16-12-24(13-17-26)32(40,41)42-25-14-8-21(9-15-25)22-18-27(33)29(28(34)19-22)30(35,36)37/h2-3,6-7,10-11,18-19,21,24-26H,4-5,8-9,12-17H2,1H3/b3-2+. The molecule has 0 heterocycles. The minimum absolute atomic E-state index is 0.0123. The van der Waals surface area contributed by atoms with Crippen LogP contribution in [-0.4, -0.2) is 18.3 Å². The summed E-state index contributed by atoms with van der Waals surface area (Å²) in [6, 6.07) is 7.18. The van der Waals surface area contributed by atoms with Crippen LogP contribution in [0.25, 0.3) is 0 Å². The van der Waals surface area contributed by atoms with Gasteiger partial charge in [0, 0.05) is 0 Å². The maximum Gasteiger partial charge on any atom is 0.422 e. The van der Waals surface area contributed by atoms with Crippen molar-refractivity contribution in [2.24, 2.45) is 5.92 Å². The second-order valence-electron chi connectivity index (χ2n) is 11.4. The summed E-state index contributed by atoms with van der Waals surface area (Å²) in [6.07, 6.45) is -8.02. The van der Waals surface area contributed by atoms with Gasteiger partial charge >= 0.3 is 18.4 Å². The molecular weight excluding hydrogens is 587 g/mol. The van der Waals surface area contributed by atoms with Crippen molar-refractivity contribution >= 4 is 0 Å². The highest BCUT2D eigenvalue weighted by Gasteiger charge is 2.47. The smallest absolute Gasteiger partial charge is 0.317 e. The van der Waals surface area contributed by atoms with Crippen molar-refractivity contribution in [3.8, 4) is 0 Å². The van der Waals surface area contributed by atoms with Gasteiger partial charge in [-0.2, -0.15) is 30.7 Å². The SMILES string of the molecule is C/C=C/CCc1ccc(C(F)(F)OC2CCC(C(F)(F)OC3CCC(c4cc(F)c(C(F)(F)F)c(F)c4)CC3)CC2)cc1. The fourth-order valence-electron chi connectivity index (χ4n) is 6.01. The third-order valence-corrected chi connectivity index (χ3v) is 8.41. The van der Waals surface area contributed by atoms with E-state index in [2.05, 4.69) is 0 Å². The number of ether oxygens (including phenoxy) is 2. The first-order valence-electron chi connectivity index (χ1n) is 14.6. The molecule has 0 atom stereocenters. The van der Waals surface area contributed by atoms with E-state index in [4.69, 9.17) is 9.47 Å². The zero-order chi connectivity index (χ0) is 31.4. The first-order valence-corrected chi connectivity index (χ1v) is 14.6. The number of allylic oxidation sites excluding steroid dienone is 2. The molecule has 2 aromatic rings. The Morgan fingerprint density at radius 1 is 0.744 bits per heavy atom. The summed E-state index contributed by atoms with van der Waals surface area (Å²) in [5, 5.41) is 0. The zero-order valence-electron chi connectivity index (χ0n) is 23.7. The van der Waals surface area contributed by atoms with E-state index in [1.54, 1.807) is 12.1 Å². The highest BCUT2D eigenvalue weighted by molar-refractivity contribution is 5.31. The summed E-state index contributed by atoms with van der Waals surface area (Å²) >= 11 is 0. The highest BCUT2D eigenvalue weighted by Crippen LogP contribution is 2.44. The predicted molar refractivity (Wildman–Crippen MR) is 143 cm³/mol. The van der Waals surface area contributed by atoms with Crippen LogP contribution in [0.15, 0.2) is 48.6 Å². The first-order chi connectivity index (χ1) is 20.2. The molecule has 2 saturated carbocycles. The van der Waals surface area contributed by atoms with E-state index in [1.165, 1.54) is 12.1 Å². The number of alkyl halides is 7. The summed E-state index contributed by atoms with van der Waals surface area (Å²) in [6.45, 7) is 1.90. The average Bonchev–Trinajstić information content (AvgIpc) is 2.92. The number of halogens is 9. The Balaban J connectivity index is 1.25. The molecule has 0 N–H and O–H groups in total. The molecule has 0 bridgehead atoms. The van der Waals surface area contributed by atoms with Gasteiger partial charge in [0.25, 0.3) is 0 Å². The van der Waals surface area contributed by atoms with Crippen molar-refractivity contribution in [1.29, 1.82) is 0 Å². The Kier molecular flexibility index (Phi) is 10.6. The molecule has 2 aliphatic rings. The van der Waals surface area contributed by atoms with E-state index in [0.717, 1.165) is 18.4 Å². The van der Waals surface area contributed by atoms with Gasteiger partial charge < -0.3 is 9.47 Å². The van der Waals surface area contributed by atoms with Crippen LogP contribution in [0, 0.1) is 17.6 Å². The summed E-state index contributed by atoms with van der Waals surface area (Å²) in [5.74, 6) is -5.10. The van der Waals surface area contributed by atoms with E-state index in [0.29, 0.717) is 12.1 Å². The van der Waals surface area contributed by atoms with Gasteiger partial charge in [0.15, 0.2) is 0 Å². The Hall–Kier alpha value is -2.53. The lowest BCUT2D eigenvalue weighted by atomic mass is 9.82. The molecule has 0 spiro atoms. The molecule has 4 rings (SSSR count). The molecule has 2 nitrogen and oxygen atoms in total. The van der Waals surface area contributed by atoms with E-state index >= 15 is 8.78 Å². The van der Waals surface area contributed by atoms with Gasteiger partial charge in [-0.3, -0.25) is 0 Å². The molecule has 43 heavy (non-hydrogen) atoms. The van der Waals surface area contributed by atoms with Crippen LogP contribution < -0.4 is 0 Å². The second-order valence-corrected chi connectivity index (χ2v) is 11.4. The maximum atomic E-state index is 15.0. The third-order valence-electron chi connectivity index (χ3n) is 8.41. The molecular formula is C32H35F9O2. The summed E-state index contributed by atoms with van der Waals surface area (Å²) < 4.78 is 136. The van der Waals surface area contributed by atoms with Crippen molar-refractivity contribution in [3.63, 3.8) is 0 Å². The third kappa shape index (κ3) is 8.56. The molecule has 0 amide bonds. The second kappa shape index (κ2) is 13.6. The molecule has 0 unspecified atom stereocenters. The number of rotatable bonds is 10. The fourth-order valence-corrected chi connectivity index (χ4v) is 6.01. The lowest BCUT2D eigenvalue weighted by Crippen LogP contribution is -2.40. The monoisotopic (exact) mass is 622 g/mol. The fraction of sp³-hybridized carbons (Fsp3) is 0.562. The van der Waals surface area contributed by atoms with Crippen LogP contribution in [0.2, 0.25) is 0 Å². The zero-order valence-corrected chi connectivity index (χ0v) is 23.7. The molecule has 2 fully saturated rings. The normalized spacial score (nSPS) is 24.0. The number of hydrogen-bond acceptors (Lipinski definition) is 2. The van der Waals surface area contributed by atoms with Crippen LogP contribution >= 0.6 is 0 Å². The molecule has 2 aliphatic carbocycles. The van der Waals surface area contributed by atoms with Crippen LogP contribution in [0.4, 0.5) is 39.5 Å². The van der Waals surface area contributed by atoms with Gasteiger partial charge in [0.2, 0.25) is 0 Å². The first kappa shape index (κ1) is 33.4. The van der Waals surface area contributed by atoms with Crippen molar-refractivity contribution < 1.29 is 49.0 Å². The van der Waals surface area contributed by atoms with E-state index in [9.17, 15) is 30.7 Å². The minimum atomic E-state index is -5.17. The minimum Gasteiger partial charge on any atom is -0.317 e. The van der Waals surface area contributed by atoms with Crippen molar-refractivity contribution in [3.05, 3.63) is 82.4 Å². The van der Waals surface area contributed by atoms with E-state index < -0.39 is 59.6 Å². The van der Waals surface area contributed by atoms with Gasteiger partial charge in [-0.25, -0.2) is 8.78 Å². The highest BCUT2D eigenvalue weighted by atomic mass is 19.4. The number of aryl methyl sites for hydroxylation is 1. The van der Waals surface area contributed by atoms with Crippen LogP contribution in [0.5, 0.6) is 0 Å². The summed E-state index contributed by atoms with van der Waals surface area (Å²) in [4.78, 5) is 0. The van der Waals surface area contributed by atoms with Crippen molar-refractivity contribution in [1.82, 2.24) is 0 Å². The van der Waals surface area contributed by atoms with Gasteiger partial charge in [0.05, 0.1) is 23.7 Å². The van der Waals surface area contributed by atoms with Gasteiger partial charge in [0.1, 0.15) is 17.2 Å². The quantitative estimate of drug-likeness (QED) is 0.194. The lowest BCUT2D eigenvalue weighted by Gasteiger charge is -2.37. The predicted octanol–water partition coefficient (Wildman–Crippen LogP) is 10.5. The van der Waals surface area contributed by atoms with Crippen molar-refractivity contribution in [2.45, 2.75) is 108 Å². The van der Waals surface area contributed by atoms with Gasteiger partial charge in [-0.05, 0) is 100 Å². The van der Waals surface area contributed by atoms with Gasteiger partial charge in [-0.15, -0.1) is 0 Å². The van der Waals surface area contributed by atoms with Crippen LogP contribution in [0.1, 0.15) is 92.9 Å². The van der Waals surface area contributed by atoms with Crippen molar-refractivity contribution in [2.75, 3.05) is 0 Å². The maximum absolute atomic E-state index is 15.0. The molecule has 0 saturated heterocycles. The van der Waals surface area contributed by atoms with Crippen LogP contribution in [-0.2, 0) is 28.2 Å². The Bertz CT molecular complexity index is 1200. The number of hydrogen-bond donors (Lipinski definition) is 0. The van der Waals surface area contributed by atoms with E-state index in [-0.39, 0.29) is 62.5 Å². The largest absolute Gasteiger partial charge is 0.422 e. The topological polar surface area (TPSA) is 18.5 Å². The molecule has 0 radical (unpaired) electrons. The summed E-state index contributed by atoms with van der Waals surface area (Å²) in [7, 11) is 0. The molecule has 0 aliphatic heterocycles. The van der Waals surface area contributed by atoms with Crippen LogP contribution in [0.3, 0.4) is 0 Å². The lowest BCUT2D eigenvalue weighted by molar-refractivity contribution is -0.311. The molecule has 238 valence electrons. The molecule has 0 aromatic heterocycles. The molecule has 11 heteroatoms. The molecule has 2 aromatic carbocycles.